The molecule has 1 heterocycles. The minimum absolute atomic E-state index is 0.0418. The zero-order valence-corrected chi connectivity index (χ0v) is 23.8. The first-order valence-electron chi connectivity index (χ1n) is 14.0. The molecule has 4 aliphatic rings. The van der Waals surface area contributed by atoms with Gasteiger partial charge in [-0.05, 0) is 51.5 Å². The average molecular weight is 610 g/mol. The standard InChI is InChI=1S/C29H34F3N3O8/c1-11-14-5-4-12(10-35-8-6-13(7-9-35)29(30,31)32)21(36)16(14)22(37)17-15(11)23(38)19-20(34(2)3)24(39)18(27(33)42)26(41)28(19,43)25(17)40/h4-5,11,13,15,17,19-20,23,36,38,41,43H,6-10H2,1-3H3,(H2,33,42)/t11?,15?,17?,19?,20-,23?,28-/m0/s1. The Kier molecular flexibility index (Phi) is 7.52. The Hall–Kier alpha value is -3.33. The summed E-state index contributed by atoms with van der Waals surface area (Å²) in [5.74, 6) is -13.1. The molecule has 1 amide bonds. The molecule has 0 bridgehead atoms. The lowest BCUT2D eigenvalue weighted by Crippen LogP contribution is -2.73. The number of aromatic hydroxyl groups is 1. The fourth-order valence-corrected chi connectivity index (χ4v) is 7.68. The number of alkyl halides is 3. The highest BCUT2D eigenvalue weighted by Gasteiger charge is 2.70. The molecule has 1 saturated heterocycles. The van der Waals surface area contributed by atoms with E-state index in [2.05, 4.69) is 0 Å². The smallest absolute Gasteiger partial charge is 0.391 e. The maximum Gasteiger partial charge on any atom is 0.391 e. The quantitative estimate of drug-likeness (QED) is 0.242. The maximum absolute atomic E-state index is 14.1. The molecule has 0 spiro atoms. The number of halogens is 3. The van der Waals surface area contributed by atoms with E-state index in [0.29, 0.717) is 5.56 Å². The van der Waals surface area contributed by atoms with Gasteiger partial charge in [0, 0.05) is 18.0 Å². The molecule has 11 nitrogen and oxygen atoms in total. The number of Topliss-reactive ketones (excluding diaryl/α,β-unsaturated/α-hetero) is 3. The summed E-state index contributed by atoms with van der Waals surface area (Å²) in [5, 5.41) is 45.6. The van der Waals surface area contributed by atoms with Gasteiger partial charge in [-0.25, -0.2) is 0 Å². The summed E-state index contributed by atoms with van der Waals surface area (Å²) in [6, 6.07) is 1.65. The second kappa shape index (κ2) is 10.4. The van der Waals surface area contributed by atoms with Crippen molar-refractivity contribution in [2.45, 2.75) is 56.2 Å². The molecule has 234 valence electrons. The molecule has 43 heavy (non-hydrogen) atoms. The highest BCUT2D eigenvalue weighted by atomic mass is 19.4. The largest absolute Gasteiger partial charge is 0.508 e. The van der Waals surface area contributed by atoms with Gasteiger partial charge in [-0.15, -0.1) is 0 Å². The number of nitrogens with two attached hydrogens (primary N) is 1. The third kappa shape index (κ3) is 4.49. The molecule has 5 unspecified atom stereocenters. The van der Waals surface area contributed by atoms with Gasteiger partial charge in [-0.1, -0.05) is 19.1 Å². The molecule has 1 aromatic rings. The first kappa shape index (κ1) is 31.1. The number of piperidine rings is 1. The Bertz CT molecular complexity index is 1430. The SMILES string of the molecule is CC1c2ccc(CN3CCC(C(F)(F)F)CC3)c(O)c2C(=O)C2C(=O)[C@]3(O)C(O)=C(C(N)=O)C(=O)[C@@H](N(C)C)C3C(O)C21. The summed E-state index contributed by atoms with van der Waals surface area (Å²) < 4.78 is 39.3. The molecule has 1 aromatic carbocycles. The third-order valence-corrected chi connectivity index (χ3v) is 9.88. The van der Waals surface area contributed by atoms with Crippen molar-refractivity contribution in [2.75, 3.05) is 27.2 Å². The summed E-state index contributed by atoms with van der Waals surface area (Å²) in [7, 11) is 2.84. The Morgan fingerprint density at radius 3 is 2.26 bits per heavy atom. The van der Waals surface area contributed by atoms with E-state index in [0.717, 1.165) is 0 Å². The van der Waals surface area contributed by atoms with Crippen LogP contribution in [0.2, 0.25) is 0 Å². The van der Waals surface area contributed by atoms with Crippen LogP contribution in [0.15, 0.2) is 23.5 Å². The van der Waals surface area contributed by atoms with Crippen molar-refractivity contribution in [3.05, 3.63) is 40.2 Å². The predicted octanol–water partition coefficient (Wildman–Crippen LogP) is 0.800. The Morgan fingerprint density at radius 1 is 1.12 bits per heavy atom. The summed E-state index contributed by atoms with van der Waals surface area (Å²) in [5.41, 5.74) is 1.62. The second-order valence-corrected chi connectivity index (χ2v) is 12.3. The van der Waals surface area contributed by atoms with Gasteiger partial charge in [-0.3, -0.25) is 29.0 Å². The molecule has 0 aromatic heterocycles. The first-order valence-corrected chi connectivity index (χ1v) is 14.0. The average Bonchev–Trinajstić information content (AvgIpc) is 2.91. The lowest BCUT2D eigenvalue weighted by molar-refractivity contribution is -0.185. The lowest BCUT2D eigenvalue weighted by Gasteiger charge is -2.55. The van der Waals surface area contributed by atoms with E-state index in [-0.39, 0.29) is 43.6 Å². The topological polar surface area (TPSA) is 182 Å². The van der Waals surface area contributed by atoms with Crippen LogP contribution in [0.4, 0.5) is 13.2 Å². The number of primary amides is 1. The van der Waals surface area contributed by atoms with Gasteiger partial charge >= 0.3 is 6.18 Å². The molecule has 1 saturated carbocycles. The number of fused-ring (bicyclic) bond motifs is 3. The van der Waals surface area contributed by atoms with E-state index < -0.39 is 93.9 Å². The van der Waals surface area contributed by atoms with Gasteiger partial charge in [0.05, 0.1) is 35.5 Å². The number of ketones is 3. The number of likely N-dealkylation sites (N-methyl/N-ethyl adjacent to an activating group) is 1. The van der Waals surface area contributed by atoms with E-state index in [1.165, 1.54) is 19.0 Å². The Labute approximate surface area is 244 Å². The number of amides is 1. The first-order chi connectivity index (χ1) is 19.9. The molecule has 14 heteroatoms. The summed E-state index contributed by atoms with van der Waals surface area (Å²) in [6.07, 6.45) is -6.22. The van der Waals surface area contributed by atoms with E-state index in [4.69, 9.17) is 5.73 Å². The number of phenols is 1. The number of hydrogen-bond donors (Lipinski definition) is 5. The van der Waals surface area contributed by atoms with Crippen molar-refractivity contribution in [3.63, 3.8) is 0 Å². The van der Waals surface area contributed by atoms with Crippen molar-refractivity contribution in [1.82, 2.24) is 9.80 Å². The molecular weight excluding hydrogens is 575 g/mol. The molecule has 0 radical (unpaired) electrons. The van der Waals surface area contributed by atoms with Gasteiger partial charge in [-0.2, -0.15) is 13.2 Å². The Morgan fingerprint density at radius 2 is 1.72 bits per heavy atom. The zero-order chi connectivity index (χ0) is 31.9. The van der Waals surface area contributed by atoms with E-state index in [1.807, 2.05) is 0 Å². The van der Waals surface area contributed by atoms with Crippen molar-refractivity contribution in [2.24, 2.45) is 29.4 Å². The van der Waals surface area contributed by atoms with Crippen LogP contribution in [0.1, 0.15) is 47.2 Å². The molecular formula is C29H34F3N3O8. The van der Waals surface area contributed by atoms with Gasteiger partial charge in [0.25, 0.3) is 5.91 Å². The van der Waals surface area contributed by atoms with Crippen LogP contribution in [-0.4, -0.2) is 105 Å². The van der Waals surface area contributed by atoms with Crippen LogP contribution >= 0.6 is 0 Å². The predicted molar refractivity (Wildman–Crippen MR) is 143 cm³/mol. The van der Waals surface area contributed by atoms with Gasteiger partial charge in [0.1, 0.15) is 17.1 Å². The number of hydrogen-bond acceptors (Lipinski definition) is 10. The third-order valence-electron chi connectivity index (χ3n) is 9.88. The number of likely N-dealkylation sites (tertiary alicyclic amines) is 1. The summed E-state index contributed by atoms with van der Waals surface area (Å²) in [4.78, 5) is 56.4. The summed E-state index contributed by atoms with van der Waals surface area (Å²) in [6.45, 7) is 1.90. The number of nitrogens with zero attached hydrogens (tertiary/aromatic N) is 2. The van der Waals surface area contributed by atoms with Crippen LogP contribution in [-0.2, 0) is 20.9 Å². The Balaban J connectivity index is 1.55. The number of carbonyl (C=O) groups excluding carboxylic acids is 4. The number of aliphatic hydroxyl groups excluding tert-OH is 2. The van der Waals surface area contributed by atoms with E-state index >= 15 is 0 Å². The molecule has 1 aliphatic heterocycles. The van der Waals surface area contributed by atoms with Crippen LogP contribution in [0.25, 0.3) is 0 Å². The number of phenolic OH excluding ortho intramolecular Hbond substituents is 1. The monoisotopic (exact) mass is 609 g/mol. The fraction of sp³-hybridized carbons (Fsp3) is 0.586. The van der Waals surface area contributed by atoms with Crippen molar-refractivity contribution in [3.8, 4) is 5.75 Å². The highest BCUT2D eigenvalue weighted by Crippen LogP contribution is 2.55. The van der Waals surface area contributed by atoms with Crippen LogP contribution in [0.3, 0.4) is 0 Å². The van der Waals surface area contributed by atoms with E-state index in [9.17, 15) is 52.8 Å². The van der Waals surface area contributed by atoms with Gasteiger partial charge in [0.2, 0.25) is 0 Å². The minimum Gasteiger partial charge on any atom is -0.508 e. The number of carbonyl (C=O) groups is 4. The van der Waals surface area contributed by atoms with Crippen molar-refractivity contribution in [1.29, 1.82) is 0 Å². The van der Waals surface area contributed by atoms with Crippen molar-refractivity contribution >= 4 is 23.3 Å². The van der Waals surface area contributed by atoms with E-state index in [1.54, 1.807) is 24.0 Å². The maximum atomic E-state index is 14.1. The summed E-state index contributed by atoms with van der Waals surface area (Å²) >= 11 is 0. The lowest BCUT2D eigenvalue weighted by atomic mass is 9.51. The molecule has 3 aliphatic carbocycles. The van der Waals surface area contributed by atoms with Gasteiger partial charge < -0.3 is 26.2 Å². The molecule has 5 rings (SSSR count). The van der Waals surface area contributed by atoms with Gasteiger partial charge in [0.15, 0.2) is 23.0 Å². The molecule has 2 fully saturated rings. The highest BCUT2D eigenvalue weighted by molar-refractivity contribution is 6.25. The number of benzene rings is 1. The van der Waals surface area contributed by atoms with Crippen LogP contribution < -0.4 is 5.73 Å². The minimum atomic E-state index is -4.29. The molecule has 7 atom stereocenters. The number of rotatable bonds is 4. The van der Waals surface area contributed by atoms with Crippen LogP contribution in [0.5, 0.6) is 5.75 Å². The second-order valence-electron chi connectivity index (χ2n) is 12.3. The normalized spacial score (nSPS) is 33.8. The van der Waals surface area contributed by atoms with Crippen LogP contribution in [0, 0.1) is 23.7 Å². The zero-order valence-electron chi connectivity index (χ0n) is 23.8. The number of aliphatic hydroxyl groups is 3. The van der Waals surface area contributed by atoms with Crippen molar-refractivity contribution < 1.29 is 52.8 Å². The molecule has 6 N–H and O–H groups in total. The fourth-order valence-electron chi connectivity index (χ4n) is 7.68.